The van der Waals surface area contributed by atoms with E-state index >= 15 is 0 Å². The van der Waals surface area contributed by atoms with E-state index < -0.39 is 5.97 Å². The molecule has 0 bridgehead atoms. The number of carboxylic acid groups (broad SMARTS) is 1. The van der Waals surface area contributed by atoms with Crippen LogP contribution in [0.25, 0.3) is 0 Å². The lowest BCUT2D eigenvalue weighted by atomic mass is 9.85. The van der Waals surface area contributed by atoms with Crippen LogP contribution in [0.2, 0.25) is 0 Å². The minimum Gasteiger partial charge on any atom is -0.480 e. The van der Waals surface area contributed by atoms with Gasteiger partial charge in [0, 0.05) is 18.6 Å². The molecule has 0 aromatic heterocycles. The lowest BCUT2D eigenvalue weighted by Gasteiger charge is -2.42. The minimum atomic E-state index is -0.733. The third kappa shape index (κ3) is 4.55. The molecule has 2 rings (SSSR count). The van der Waals surface area contributed by atoms with Crippen molar-refractivity contribution in [2.75, 3.05) is 13.1 Å². The van der Waals surface area contributed by atoms with Crippen molar-refractivity contribution in [1.29, 1.82) is 0 Å². The van der Waals surface area contributed by atoms with Gasteiger partial charge in [-0.1, -0.05) is 45.0 Å². The van der Waals surface area contributed by atoms with Crippen LogP contribution in [-0.2, 0) is 11.3 Å². The van der Waals surface area contributed by atoms with Crippen LogP contribution >= 0.6 is 0 Å². The molecule has 0 amide bonds. The molecule has 0 aliphatic heterocycles. The molecule has 0 spiro atoms. The summed E-state index contributed by atoms with van der Waals surface area (Å²) < 4.78 is 0. The van der Waals surface area contributed by atoms with Gasteiger partial charge in [0.2, 0.25) is 0 Å². The Labute approximate surface area is 133 Å². The van der Waals surface area contributed by atoms with E-state index in [1.165, 1.54) is 11.1 Å². The number of hydrogen-bond donors (Lipinski definition) is 2. The standard InChI is InChI=1S/C18H28N2O2/c1-4-20(12-18(21)22)17-9-16(10-17)19-11-14-5-7-15(8-6-14)13(2)3/h5-8,13,16-17,19H,4,9-12H2,1-3H3,(H,21,22). The number of hydrogen-bond acceptors (Lipinski definition) is 3. The summed E-state index contributed by atoms with van der Waals surface area (Å²) in [6.45, 7) is 8.29. The number of carbonyl (C=O) groups is 1. The molecule has 22 heavy (non-hydrogen) atoms. The number of likely N-dealkylation sites (N-methyl/N-ethyl adjacent to an activating group) is 1. The Bertz CT molecular complexity index is 478. The smallest absolute Gasteiger partial charge is 0.317 e. The zero-order valence-electron chi connectivity index (χ0n) is 13.9. The van der Waals surface area contributed by atoms with Gasteiger partial charge in [0.1, 0.15) is 0 Å². The van der Waals surface area contributed by atoms with Gasteiger partial charge in [-0.15, -0.1) is 0 Å². The summed E-state index contributed by atoms with van der Waals surface area (Å²) in [5.74, 6) is -0.160. The minimum absolute atomic E-state index is 0.157. The van der Waals surface area contributed by atoms with Crippen molar-refractivity contribution < 1.29 is 9.90 Å². The fraction of sp³-hybridized carbons (Fsp3) is 0.611. The van der Waals surface area contributed by atoms with E-state index in [0.717, 1.165) is 25.9 Å². The van der Waals surface area contributed by atoms with Gasteiger partial charge < -0.3 is 10.4 Å². The normalized spacial score (nSPS) is 21.1. The molecule has 1 saturated carbocycles. The first-order valence-corrected chi connectivity index (χ1v) is 8.27. The maximum absolute atomic E-state index is 10.8. The van der Waals surface area contributed by atoms with Gasteiger partial charge in [-0.2, -0.15) is 0 Å². The first-order chi connectivity index (χ1) is 10.5. The Balaban J connectivity index is 1.72. The van der Waals surface area contributed by atoms with Gasteiger partial charge in [-0.05, 0) is 36.4 Å². The monoisotopic (exact) mass is 304 g/mol. The van der Waals surface area contributed by atoms with Gasteiger partial charge >= 0.3 is 5.97 Å². The van der Waals surface area contributed by atoms with E-state index in [4.69, 9.17) is 5.11 Å². The van der Waals surface area contributed by atoms with Crippen LogP contribution in [0.5, 0.6) is 0 Å². The molecular formula is C18H28N2O2. The Kier molecular flexibility index (Phi) is 5.98. The molecule has 0 saturated heterocycles. The third-order valence-corrected chi connectivity index (χ3v) is 4.62. The average Bonchev–Trinajstić information content (AvgIpc) is 2.44. The van der Waals surface area contributed by atoms with Crippen LogP contribution < -0.4 is 5.32 Å². The molecule has 0 heterocycles. The van der Waals surface area contributed by atoms with Crippen LogP contribution in [0, 0.1) is 0 Å². The third-order valence-electron chi connectivity index (χ3n) is 4.62. The first kappa shape index (κ1) is 17.0. The maximum Gasteiger partial charge on any atom is 0.317 e. The largest absolute Gasteiger partial charge is 0.480 e. The number of rotatable bonds is 8. The molecule has 1 aromatic rings. The van der Waals surface area contributed by atoms with Crippen LogP contribution in [0.1, 0.15) is 50.7 Å². The molecular weight excluding hydrogens is 276 g/mol. The van der Waals surface area contributed by atoms with E-state index in [2.05, 4.69) is 48.3 Å². The topological polar surface area (TPSA) is 52.6 Å². The number of benzene rings is 1. The van der Waals surface area contributed by atoms with Gasteiger partial charge in [0.05, 0.1) is 6.54 Å². The molecule has 1 aromatic carbocycles. The molecule has 122 valence electrons. The van der Waals surface area contributed by atoms with E-state index in [1.54, 1.807) is 0 Å². The second-order valence-corrected chi connectivity index (χ2v) is 6.56. The second-order valence-electron chi connectivity index (χ2n) is 6.56. The summed E-state index contributed by atoms with van der Waals surface area (Å²) in [6.07, 6.45) is 2.09. The number of nitrogens with zero attached hydrogens (tertiary/aromatic N) is 1. The SMILES string of the molecule is CCN(CC(=O)O)C1CC(NCc2ccc(C(C)C)cc2)C1. The van der Waals surface area contributed by atoms with Crippen LogP contribution in [0.3, 0.4) is 0 Å². The Morgan fingerprint density at radius 1 is 1.32 bits per heavy atom. The average molecular weight is 304 g/mol. The van der Waals surface area contributed by atoms with E-state index in [0.29, 0.717) is 18.0 Å². The lowest BCUT2D eigenvalue weighted by Crippen LogP contribution is -2.53. The summed E-state index contributed by atoms with van der Waals surface area (Å²) >= 11 is 0. The summed E-state index contributed by atoms with van der Waals surface area (Å²) in [5.41, 5.74) is 2.69. The highest BCUT2D eigenvalue weighted by molar-refractivity contribution is 5.69. The molecule has 1 aliphatic rings. The number of nitrogens with one attached hydrogen (secondary N) is 1. The summed E-state index contributed by atoms with van der Waals surface area (Å²) in [7, 11) is 0. The van der Waals surface area contributed by atoms with Crippen molar-refractivity contribution in [1.82, 2.24) is 10.2 Å². The van der Waals surface area contributed by atoms with Crippen molar-refractivity contribution >= 4 is 5.97 Å². The molecule has 4 nitrogen and oxygen atoms in total. The van der Waals surface area contributed by atoms with Gasteiger partial charge in [-0.3, -0.25) is 9.69 Å². The maximum atomic E-state index is 10.8. The molecule has 2 N–H and O–H groups in total. The summed E-state index contributed by atoms with van der Waals surface area (Å²) in [4.78, 5) is 12.9. The lowest BCUT2D eigenvalue weighted by molar-refractivity contribution is -0.139. The highest BCUT2D eigenvalue weighted by Gasteiger charge is 2.33. The van der Waals surface area contributed by atoms with Crippen molar-refractivity contribution in [3.63, 3.8) is 0 Å². The van der Waals surface area contributed by atoms with E-state index in [1.807, 2.05) is 6.92 Å². The fourth-order valence-electron chi connectivity index (χ4n) is 3.01. The molecule has 1 aliphatic carbocycles. The van der Waals surface area contributed by atoms with E-state index in [-0.39, 0.29) is 6.54 Å². The molecule has 0 radical (unpaired) electrons. The predicted octanol–water partition coefficient (Wildman–Crippen LogP) is 2.84. The zero-order chi connectivity index (χ0) is 16.1. The van der Waals surface area contributed by atoms with Crippen molar-refractivity contribution in [2.45, 2.75) is 58.2 Å². The van der Waals surface area contributed by atoms with Gasteiger partial charge in [-0.25, -0.2) is 0 Å². The fourth-order valence-corrected chi connectivity index (χ4v) is 3.01. The van der Waals surface area contributed by atoms with Crippen molar-refractivity contribution in [2.24, 2.45) is 0 Å². The Morgan fingerprint density at radius 3 is 2.45 bits per heavy atom. The quantitative estimate of drug-likeness (QED) is 0.775. The van der Waals surface area contributed by atoms with Crippen LogP contribution in [-0.4, -0.2) is 41.1 Å². The number of aliphatic carboxylic acids is 1. The summed E-state index contributed by atoms with van der Waals surface area (Å²) in [5, 5.41) is 12.5. The Morgan fingerprint density at radius 2 is 1.95 bits per heavy atom. The molecule has 4 heteroatoms. The van der Waals surface area contributed by atoms with Crippen LogP contribution in [0.15, 0.2) is 24.3 Å². The first-order valence-electron chi connectivity index (χ1n) is 8.27. The highest BCUT2D eigenvalue weighted by Crippen LogP contribution is 2.26. The molecule has 0 atom stereocenters. The Hall–Kier alpha value is -1.39. The molecule has 1 fully saturated rings. The van der Waals surface area contributed by atoms with E-state index in [9.17, 15) is 4.79 Å². The van der Waals surface area contributed by atoms with Crippen molar-refractivity contribution in [3.8, 4) is 0 Å². The highest BCUT2D eigenvalue weighted by atomic mass is 16.4. The molecule has 0 unspecified atom stereocenters. The zero-order valence-corrected chi connectivity index (χ0v) is 13.9. The van der Waals surface area contributed by atoms with Crippen LogP contribution in [0.4, 0.5) is 0 Å². The predicted molar refractivity (Wildman–Crippen MR) is 89.1 cm³/mol. The van der Waals surface area contributed by atoms with Gasteiger partial charge in [0.25, 0.3) is 0 Å². The number of carboxylic acids is 1. The van der Waals surface area contributed by atoms with Crippen molar-refractivity contribution in [3.05, 3.63) is 35.4 Å². The summed E-state index contributed by atoms with van der Waals surface area (Å²) in [6, 6.07) is 9.73. The van der Waals surface area contributed by atoms with Gasteiger partial charge in [0.15, 0.2) is 0 Å². The second kappa shape index (κ2) is 7.75.